The molecule has 0 bridgehead atoms. The van der Waals surface area contributed by atoms with Crippen molar-refractivity contribution >= 4 is 29.9 Å². The second kappa shape index (κ2) is 6.72. The van der Waals surface area contributed by atoms with Crippen LogP contribution in [0.25, 0.3) is 0 Å². The monoisotopic (exact) mass is 360 g/mol. The molecule has 1 amide bonds. The average molecular weight is 361 g/mol. The highest BCUT2D eigenvalue weighted by molar-refractivity contribution is 8.00. The van der Waals surface area contributed by atoms with Crippen molar-refractivity contribution in [2.24, 2.45) is 0 Å². The van der Waals surface area contributed by atoms with Crippen molar-refractivity contribution in [3.63, 3.8) is 0 Å². The highest BCUT2D eigenvalue weighted by Crippen LogP contribution is 2.39. The van der Waals surface area contributed by atoms with Crippen molar-refractivity contribution in [3.05, 3.63) is 46.0 Å². The Hall–Kier alpha value is -1.60. The Kier molecular flexibility index (Phi) is 4.45. The van der Waals surface area contributed by atoms with E-state index in [1.54, 1.807) is 11.8 Å². The molecule has 2 aliphatic rings. The Balaban J connectivity index is 1.40. The van der Waals surface area contributed by atoms with E-state index in [2.05, 4.69) is 27.6 Å². The molecule has 1 aliphatic heterocycles. The van der Waals surface area contributed by atoms with Gasteiger partial charge in [0, 0.05) is 19.0 Å². The predicted molar refractivity (Wildman–Crippen MR) is 97.7 cm³/mol. The number of aromatic amines is 1. The summed E-state index contributed by atoms with van der Waals surface area (Å²) < 4.78 is 2.67. The molecule has 1 saturated carbocycles. The molecule has 5 nitrogen and oxygen atoms in total. The van der Waals surface area contributed by atoms with E-state index in [9.17, 15) is 4.79 Å². The van der Waals surface area contributed by atoms with Gasteiger partial charge in [0.2, 0.25) is 5.91 Å². The van der Waals surface area contributed by atoms with Gasteiger partial charge >= 0.3 is 0 Å². The van der Waals surface area contributed by atoms with Crippen LogP contribution in [0.5, 0.6) is 0 Å². The lowest BCUT2D eigenvalue weighted by atomic mass is 10.0. The smallest absolute Gasteiger partial charge is 0.237 e. The van der Waals surface area contributed by atoms with Crippen molar-refractivity contribution in [3.8, 4) is 0 Å². The maximum Gasteiger partial charge on any atom is 0.237 e. The molecule has 126 valence electrons. The van der Waals surface area contributed by atoms with E-state index >= 15 is 0 Å². The molecule has 2 aromatic rings. The number of nitrogens with zero attached hydrogens (tertiary/aromatic N) is 2. The number of carbonyl (C=O) groups is 1. The standard InChI is InChI=1S/C17H20N4OS2/c22-16(14-13-4-2-1-3-11(13)7-10-24-14)18-8-9-21-15(12-5-6-12)19-20-17(21)23/h1-4,12,14H,5-10H2,(H,18,22)(H,20,23)/t14-/m1/s1. The van der Waals surface area contributed by atoms with Gasteiger partial charge < -0.3 is 9.88 Å². The van der Waals surface area contributed by atoms with Gasteiger partial charge in [-0.3, -0.25) is 9.89 Å². The summed E-state index contributed by atoms with van der Waals surface area (Å²) in [6, 6.07) is 8.26. The van der Waals surface area contributed by atoms with Crippen LogP contribution in [-0.4, -0.2) is 33.0 Å². The summed E-state index contributed by atoms with van der Waals surface area (Å²) in [5, 5.41) is 10.2. The summed E-state index contributed by atoms with van der Waals surface area (Å²) in [5.41, 5.74) is 2.45. The molecular formula is C17H20N4OS2. The first-order valence-electron chi connectivity index (χ1n) is 8.36. The number of aromatic nitrogens is 3. The van der Waals surface area contributed by atoms with E-state index in [1.165, 1.54) is 18.4 Å². The fourth-order valence-corrected chi connectivity index (χ4v) is 4.64. The zero-order valence-electron chi connectivity index (χ0n) is 13.3. The third-order valence-electron chi connectivity index (χ3n) is 4.60. The van der Waals surface area contributed by atoms with Crippen molar-refractivity contribution in [2.75, 3.05) is 12.3 Å². The minimum Gasteiger partial charge on any atom is -0.353 e. The third kappa shape index (κ3) is 3.15. The molecule has 1 fully saturated rings. The Labute approximate surface area is 150 Å². The summed E-state index contributed by atoms with van der Waals surface area (Å²) in [5.74, 6) is 2.66. The number of H-pyrrole nitrogens is 1. The van der Waals surface area contributed by atoms with Crippen molar-refractivity contribution in [2.45, 2.75) is 37.0 Å². The number of hydrogen-bond acceptors (Lipinski definition) is 4. The minimum absolute atomic E-state index is 0.0927. The van der Waals surface area contributed by atoms with Gasteiger partial charge in [0.25, 0.3) is 0 Å². The lowest BCUT2D eigenvalue weighted by Crippen LogP contribution is -2.32. The Morgan fingerprint density at radius 3 is 3.08 bits per heavy atom. The van der Waals surface area contributed by atoms with E-state index in [4.69, 9.17) is 12.2 Å². The lowest BCUT2D eigenvalue weighted by molar-refractivity contribution is -0.120. The molecule has 4 rings (SSSR count). The number of amides is 1. The summed E-state index contributed by atoms with van der Waals surface area (Å²) in [4.78, 5) is 12.6. The number of aryl methyl sites for hydroxylation is 1. The number of benzene rings is 1. The number of nitrogens with one attached hydrogen (secondary N) is 2. The maximum atomic E-state index is 12.6. The molecule has 1 aliphatic carbocycles. The van der Waals surface area contributed by atoms with Crippen LogP contribution in [0.15, 0.2) is 24.3 Å². The molecule has 24 heavy (non-hydrogen) atoms. The summed E-state index contributed by atoms with van der Waals surface area (Å²) >= 11 is 7.03. The minimum atomic E-state index is -0.102. The van der Waals surface area contributed by atoms with Crippen LogP contribution in [0.4, 0.5) is 0 Å². The topological polar surface area (TPSA) is 62.7 Å². The fraction of sp³-hybridized carbons (Fsp3) is 0.471. The Morgan fingerprint density at radius 2 is 2.25 bits per heavy atom. The summed E-state index contributed by atoms with van der Waals surface area (Å²) in [7, 11) is 0. The zero-order valence-corrected chi connectivity index (χ0v) is 15.0. The van der Waals surface area contributed by atoms with E-state index < -0.39 is 0 Å². The molecular weight excluding hydrogens is 340 g/mol. The van der Waals surface area contributed by atoms with Crippen molar-refractivity contribution in [1.82, 2.24) is 20.1 Å². The number of rotatable bonds is 5. The molecule has 0 radical (unpaired) electrons. The normalized spacial score (nSPS) is 19.8. The molecule has 2 heterocycles. The van der Waals surface area contributed by atoms with Gasteiger partial charge in [-0.1, -0.05) is 24.3 Å². The third-order valence-corrected chi connectivity index (χ3v) is 6.15. The van der Waals surface area contributed by atoms with Crippen LogP contribution >= 0.6 is 24.0 Å². The first kappa shape index (κ1) is 15.9. The number of hydrogen-bond donors (Lipinski definition) is 2. The van der Waals surface area contributed by atoms with Gasteiger partial charge in [0.15, 0.2) is 4.77 Å². The molecule has 0 saturated heterocycles. The Morgan fingerprint density at radius 1 is 1.42 bits per heavy atom. The van der Waals surface area contributed by atoms with Crippen LogP contribution in [0, 0.1) is 4.77 Å². The SMILES string of the molecule is O=C(NCCn1c(C2CC2)n[nH]c1=S)[C@@H]1SCCc2ccccc21. The molecule has 0 unspecified atom stereocenters. The Bertz CT molecular complexity index is 809. The predicted octanol–water partition coefficient (Wildman–Crippen LogP) is 2.96. The van der Waals surface area contributed by atoms with Gasteiger partial charge in [0.1, 0.15) is 11.1 Å². The molecule has 2 N–H and O–H groups in total. The van der Waals surface area contributed by atoms with Crippen LogP contribution in [0.2, 0.25) is 0 Å². The van der Waals surface area contributed by atoms with E-state index in [0.29, 0.717) is 23.8 Å². The molecule has 1 atom stereocenters. The summed E-state index contributed by atoms with van der Waals surface area (Å²) in [6.45, 7) is 1.25. The maximum absolute atomic E-state index is 12.6. The van der Waals surface area contributed by atoms with Crippen LogP contribution < -0.4 is 5.32 Å². The van der Waals surface area contributed by atoms with E-state index in [1.807, 2.05) is 16.7 Å². The van der Waals surface area contributed by atoms with Crippen LogP contribution in [0.1, 0.15) is 41.0 Å². The molecule has 0 spiro atoms. The van der Waals surface area contributed by atoms with Gasteiger partial charge in [-0.05, 0) is 48.4 Å². The number of fused-ring (bicyclic) bond motifs is 1. The lowest BCUT2D eigenvalue weighted by Gasteiger charge is -2.24. The van der Waals surface area contributed by atoms with Crippen molar-refractivity contribution < 1.29 is 4.79 Å². The molecule has 1 aromatic carbocycles. The van der Waals surface area contributed by atoms with Crippen LogP contribution in [-0.2, 0) is 17.8 Å². The zero-order chi connectivity index (χ0) is 16.5. The van der Waals surface area contributed by atoms with Gasteiger partial charge in [-0.15, -0.1) is 11.8 Å². The first-order chi connectivity index (χ1) is 11.7. The van der Waals surface area contributed by atoms with Gasteiger partial charge in [0.05, 0.1) is 0 Å². The van der Waals surface area contributed by atoms with Gasteiger partial charge in [-0.2, -0.15) is 5.10 Å². The van der Waals surface area contributed by atoms with E-state index in [-0.39, 0.29) is 11.2 Å². The number of thioether (sulfide) groups is 1. The molecule has 7 heteroatoms. The number of carbonyl (C=O) groups excluding carboxylic acids is 1. The quantitative estimate of drug-likeness (QED) is 0.805. The summed E-state index contributed by atoms with van der Waals surface area (Å²) in [6.07, 6.45) is 3.41. The largest absolute Gasteiger partial charge is 0.353 e. The van der Waals surface area contributed by atoms with Crippen molar-refractivity contribution in [1.29, 1.82) is 0 Å². The molecule has 1 aromatic heterocycles. The second-order valence-electron chi connectivity index (χ2n) is 6.30. The highest BCUT2D eigenvalue weighted by Gasteiger charge is 2.29. The van der Waals surface area contributed by atoms with E-state index in [0.717, 1.165) is 23.6 Å². The highest BCUT2D eigenvalue weighted by atomic mass is 32.2. The first-order valence-corrected chi connectivity index (χ1v) is 9.82. The fourth-order valence-electron chi connectivity index (χ4n) is 3.19. The van der Waals surface area contributed by atoms with Crippen LogP contribution in [0.3, 0.4) is 0 Å². The average Bonchev–Trinajstić information content (AvgIpc) is 3.39. The second-order valence-corrected chi connectivity index (χ2v) is 7.90. The van der Waals surface area contributed by atoms with Gasteiger partial charge in [-0.25, -0.2) is 0 Å².